The van der Waals surface area contributed by atoms with Gasteiger partial charge in [0.1, 0.15) is 26.4 Å². The van der Waals surface area contributed by atoms with Crippen molar-refractivity contribution in [3.8, 4) is 0 Å². The van der Waals surface area contributed by atoms with Crippen LogP contribution in [0.25, 0.3) is 0 Å². The van der Waals surface area contributed by atoms with E-state index in [0.717, 1.165) is 51.9 Å². The predicted octanol–water partition coefficient (Wildman–Crippen LogP) is 24.5. The maximum absolute atomic E-state index is 13.6. The van der Waals surface area contributed by atoms with Crippen LogP contribution >= 0.6 is 0 Å². The van der Waals surface area contributed by atoms with E-state index in [1.54, 1.807) is 9.80 Å². The van der Waals surface area contributed by atoms with Crippen LogP contribution in [-0.2, 0) is 47.6 Å². The molecule has 14 nitrogen and oxygen atoms in total. The molecule has 0 aliphatic carbocycles. The Kier molecular flexibility index (Phi) is 84.1. The predicted molar refractivity (Wildman–Crippen MR) is 459 cm³/mol. The summed E-state index contributed by atoms with van der Waals surface area (Å²) in [5, 5.41) is 0. The van der Waals surface area contributed by atoms with Crippen LogP contribution in [0.4, 0.5) is 0 Å². The van der Waals surface area contributed by atoms with E-state index in [9.17, 15) is 19.2 Å². The molecule has 0 bridgehead atoms. The zero-order chi connectivity index (χ0) is 77.7. The SMILES string of the molecule is CCCCCCCCCCCCCCCCCCN(CCCCCCCCCCCCCCCCCC)CC(=O)COCC(=O)N1CCOCCOCCN(C(=O)COCC(=O)CN(CCCCCCCCCCCCCCCCCC)CCCCCCCCCCCCCCCCCC)CCOCCOCC1. The molecule has 1 rings (SSSR count). The molecule has 0 N–H and O–H groups in total. The molecule has 1 heterocycles. The number of Topliss-reactive ketones (excluding diaryl/α,β-unsaturated/α-hetero) is 2. The van der Waals surface area contributed by atoms with Crippen molar-refractivity contribution in [2.24, 2.45) is 0 Å². The molecule has 1 saturated heterocycles. The first-order chi connectivity index (χ1) is 53.3. The lowest BCUT2D eigenvalue weighted by Gasteiger charge is -2.24. The van der Waals surface area contributed by atoms with E-state index in [1.165, 1.54) is 385 Å². The molecular weight excluding hydrogens is 1350 g/mol. The number of unbranched alkanes of at least 4 members (excludes halogenated alkanes) is 60. The molecule has 0 spiro atoms. The number of rotatable bonds is 80. The molecule has 0 radical (unpaired) electrons. The van der Waals surface area contributed by atoms with Crippen LogP contribution in [0.3, 0.4) is 0 Å². The highest BCUT2D eigenvalue weighted by Crippen LogP contribution is 2.20. The number of ether oxygens (including phenoxy) is 6. The van der Waals surface area contributed by atoms with Gasteiger partial charge < -0.3 is 38.2 Å². The van der Waals surface area contributed by atoms with Gasteiger partial charge in [0.05, 0.1) is 65.9 Å². The molecule has 0 unspecified atom stereocenters. The van der Waals surface area contributed by atoms with E-state index >= 15 is 0 Å². The van der Waals surface area contributed by atoms with Crippen molar-refractivity contribution in [1.82, 2.24) is 19.6 Å². The fourth-order valence-corrected chi connectivity index (χ4v) is 15.4. The Morgan fingerprint density at radius 3 is 0.546 bits per heavy atom. The van der Waals surface area contributed by atoms with Crippen LogP contribution in [0.5, 0.6) is 0 Å². The fraction of sp³-hybridized carbons (Fsp3) is 0.957. The van der Waals surface area contributed by atoms with E-state index in [2.05, 4.69) is 37.5 Å². The molecule has 0 atom stereocenters. The van der Waals surface area contributed by atoms with E-state index in [0.29, 0.717) is 92.1 Å². The summed E-state index contributed by atoms with van der Waals surface area (Å²) in [5.41, 5.74) is 0. The Labute approximate surface area is 670 Å². The van der Waals surface area contributed by atoms with E-state index in [1.807, 2.05) is 0 Å². The molecule has 2 amide bonds. The maximum atomic E-state index is 13.6. The number of amides is 2. The minimum Gasteiger partial charge on any atom is -0.377 e. The Bertz CT molecular complexity index is 1630. The first-order valence-electron chi connectivity index (χ1n) is 47.8. The van der Waals surface area contributed by atoms with Crippen molar-refractivity contribution in [3.05, 3.63) is 0 Å². The Morgan fingerprint density at radius 2 is 0.380 bits per heavy atom. The highest BCUT2D eigenvalue weighted by molar-refractivity contribution is 5.83. The van der Waals surface area contributed by atoms with Crippen LogP contribution < -0.4 is 0 Å². The molecule has 1 aliphatic heterocycles. The maximum Gasteiger partial charge on any atom is 0.248 e. The second-order valence-electron chi connectivity index (χ2n) is 33.0. The summed E-state index contributed by atoms with van der Waals surface area (Å²) in [6.07, 6.45) is 86.2. The minimum atomic E-state index is -0.198. The van der Waals surface area contributed by atoms with Crippen LogP contribution in [-0.4, -0.2) is 188 Å². The van der Waals surface area contributed by atoms with Gasteiger partial charge >= 0.3 is 0 Å². The molecule has 108 heavy (non-hydrogen) atoms. The normalized spacial score (nSPS) is 14.0. The zero-order valence-electron chi connectivity index (χ0n) is 72.7. The van der Waals surface area contributed by atoms with Gasteiger partial charge in [0.2, 0.25) is 11.8 Å². The van der Waals surface area contributed by atoms with Gasteiger partial charge in [0, 0.05) is 26.2 Å². The molecular formula is C94H184N4O10. The van der Waals surface area contributed by atoms with Crippen molar-refractivity contribution < 1.29 is 47.6 Å². The number of nitrogens with zero attached hydrogens (tertiary/aromatic N) is 4. The summed E-state index contributed by atoms with van der Waals surface area (Å²) in [4.78, 5) is 62.3. The first-order valence-corrected chi connectivity index (χ1v) is 47.8. The third-order valence-electron chi connectivity index (χ3n) is 22.6. The fourth-order valence-electron chi connectivity index (χ4n) is 15.4. The highest BCUT2D eigenvalue weighted by atomic mass is 16.5. The number of carbonyl (C=O) groups excluding carboxylic acids is 4. The highest BCUT2D eigenvalue weighted by Gasteiger charge is 2.19. The Balaban J connectivity index is 2.59. The van der Waals surface area contributed by atoms with Gasteiger partial charge in [0.15, 0.2) is 11.6 Å². The van der Waals surface area contributed by atoms with Crippen molar-refractivity contribution in [3.63, 3.8) is 0 Å². The van der Waals surface area contributed by atoms with E-state index < -0.39 is 0 Å². The van der Waals surface area contributed by atoms with Gasteiger partial charge in [-0.05, 0) is 51.9 Å². The third-order valence-corrected chi connectivity index (χ3v) is 22.6. The number of hydrogen-bond donors (Lipinski definition) is 0. The smallest absolute Gasteiger partial charge is 0.248 e. The molecule has 0 saturated carbocycles. The largest absolute Gasteiger partial charge is 0.377 e. The molecule has 1 aliphatic rings. The van der Waals surface area contributed by atoms with Crippen LogP contribution in [0, 0.1) is 0 Å². The number of ketones is 2. The number of carbonyl (C=O) groups is 4. The molecule has 0 aromatic rings. The van der Waals surface area contributed by atoms with Gasteiger partial charge in [-0.3, -0.25) is 29.0 Å². The monoisotopic (exact) mass is 1530 g/mol. The van der Waals surface area contributed by atoms with Gasteiger partial charge in [-0.1, -0.05) is 413 Å². The second-order valence-corrected chi connectivity index (χ2v) is 33.0. The second kappa shape index (κ2) is 87.3. The molecule has 0 aromatic carbocycles. The van der Waals surface area contributed by atoms with Crippen LogP contribution in [0.1, 0.15) is 439 Å². The Morgan fingerprint density at radius 1 is 0.222 bits per heavy atom. The van der Waals surface area contributed by atoms with Crippen molar-refractivity contribution >= 4 is 23.4 Å². The van der Waals surface area contributed by atoms with Crippen molar-refractivity contribution in [1.29, 1.82) is 0 Å². The van der Waals surface area contributed by atoms with Crippen molar-refractivity contribution in [2.75, 3.05) is 145 Å². The number of hydrogen-bond acceptors (Lipinski definition) is 12. The Hall–Kier alpha value is -2.04. The first kappa shape index (κ1) is 104. The molecule has 0 aromatic heterocycles. The van der Waals surface area contributed by atoms with Gasteiger partial charge in [0.25, 0.3) is 0 Å². The third kappa shape index (κ3) is 76.6. The summed E-state index contributed by atoms with van der Waals surface area (Å²) in [5.74, 6) is -0.343. The van der Waals surface area contributed by atoms with Gasteiger partial charge in [-0.2, -0.15) is 0 Å². The quantitative estimate of drug-likeness (QED) is 0.0536. The standard InChI is InChI=1S/C94H184N4O10/c1-5-9-13-17-21-25-29-33-37-41-45-49-53-57-61-65-69-95(70-66-62-58-54-50-46-42-38-34-30-26-22-18-14-10-6-2)85-91(99)87-107-89-93(101)97-73-77-103-81-83-105-79-75-98(76-80-106-84-82-104-78-74-97)94(102)90-108-88-92(100)86-96(71-67-63-59-55-51-47-43-39-35-31-27-23-19-15-11-7-3)72-68-64-60-56-52-48-44-40-36-32-28-24-20-16-12-8-4/h5-90H2,1-4H3. The summed E-state index contributed by atoms with van der Waals surface area (Å²) in [6, 6.07) is 0. The van der Waals surface area contributed by atoms with Gasteiger partial charge in [-0.25, -0.2) is 0 Å². The summed E-state index contributed by atoms with van der Waals surface area (Å²) in [7, 11) is 0. The van der Waals surface area contributed by atoms with Crippen LogP contribution in [0.2, 0.25) is 0 Å². The molecule has 640 valence electrons. The average molecular weight is 1530 g/mol. The zero-order valence-corrected chi connectivity index (χ0v) is 72.7. The van der Waals surface area contributed by atoms with E-state index in [4.69, 9.17) is 28.4 Å². The molecule has 1 fully saturated rings. The van der Waals surface area contributed by atoms with Crippen molar-refractivity contribution in [2.45, 2.75) is 439 Å². The average Bonchev–Trinajstić information content (AvgIpc) is 0.941. The topological polar surface area (TPSA) is 137 Å². The van der Waals surface area contributed by atoms with Crippen LogP contribution in [0.15, 0.2) is 0 Å². The summed E-state index contributed by atoms with van der Waals surface area (Å²) < 4.78 is 35.5. The lowest BCUT2D eigenvalue weighted by Crippen LogP contribution is -2.40. The van der Waals surface area contributed by atoms with E-state index in [-0.39, 0.29) is 49.8 Å². The molecule has 14 heteroatoms. The lowest BCUT2D eigenvalue weighted by molar-refractivity contribution is -0.141. The lowest BCUT2D eigenvalue weighted by atomic mass is 10.0. The summed E-state index contributed by atoms with van der Waals surface area (Å²) >= 11 is 0. The minimum absolute atomic E-state index is 0.0258. The summed E-state index contributed by atoms with van der Waals surface area (Å²) in [6.45, 7) is 17.1. The van der Waals surface area contributed by atoms with Gasteiger partial charge in [-0.15, -0.1) is 0 Å².